The van der Waals surface area contributed by atoms with Crippen LogP contribution in [0.15, 0.2) is 24.3 Å². The summed E-state index contributed by atoms with van der Waals surface area (Å²) in [5.74, 6) is -0.0317. The molecular formula is C17H21ClN2O3. The van der Waals surface area contributed by atoms with E-state index in [2.05, 4.69) is 4.90 Å². The summed E-state index contributed by atoms with van der Waals surface area (Å²) in [6.07, 6.45) is 1.68. The van der Waals surface area contributed by atoms with Crippen LogP contribution in [0.5, 0.6) is 0 Å². The first-order chi connectivity index (χ1) is 11.1. The fraction of sp³-hybridized carbons (Fsp3) is 0.529. The molecule has 2 fully saturated rings. The molecule has 3 rings (SSSR count). The highest BCUT2D eigenvalue weighted by Gasteiger charge is 2.28. The quantitative estimate of drug-likeness (QED) is 0.795. The Morgan fingerprint density at radius 2 is 2.04 bits per heavy atom. The number of carbonyl (C=O) groups is 2. The molecule has 124 valence electrons. The molecular weight excluding hydrogens is 316 g/mol. The van der Waals surface area contributed by atoms with Gasteiger partial charge in [-0.3, -0.25) is 9.59 Å². The van der Waals surface area contributed by atoms with E-state index in [1.54, 1.807) is 0 Å². The second kappa shape index (κ2) is 7.21. The van der Waals surface area contributed by atoms with Crippen LogP contribution in [-0.4, -0.2) is 49.6 Å². The molecule has 0 saturated carbocycles. The van der Waals surface area contributed by atoms with Crippen molar-refractivity contribution in [1.82, 2.24) is 4.90 Å². The van der Waals surface area contributed by atoms with E-state index in [0.717, 1.165) is 36.8 Å². The number of halogens is 1. The van der Waals surface area contributed by atoms with Gasteiger partial charge < -0.3 is 14.5 Å². The normalized spacial score (nSPS) is 22.0. The Labute approximate surface area is 141 Å². The lowest BCUT2D eigenvalue weighted by Gasteiger charge is -2.25. The first kappa shape index (κ1) is 16.1. The molecule has 1 amide bonds. The van der Waals surface area contributed by atoms with Crippen molar-refractivity contribution in [2.75, 3.05) is 37.7 Å². The number of anilines is 1. The molecule has 2 aliphatic heterocycles. The third-order valence-electron chi connectivity index (χ3n) is 4.44. The summed E-state index contributed by atoms with van der Waals surface area (Å²) in [5, 5.41) is 0.744. The van der Waals surface area contributed by atoms with Gasteiger partial charge in [-0.15, -0.1) is 0 Å². The van der Waals surface area contributed by atoms with Gasteiger partial charge in [0.1, 0.15) is 0 Å². The molecule has 0 spiro atoms. The summed E-state index contributed by atoms with van der Waals surface area (Å²) in [6.45, 7) is 3.48. The highest BCUT2D eigenvalue weighted by atomic mass is 35.5. The number of esters is 1. The number of cyclic esters (lactones) is 1. The Morgan fingerprint density at radius 1 is 1.22 bits per heavy atom. The van der Waals surface area contributed by atoms with Gasteiger partial charge in [-0.25, -0.2) is 0 Å². The van der Waals surface area contributed by atoms with Crippen molar-refractivity contribution < 1.29 is 14.3 Å². The Balaban J connectivity index is 1.57. The van der Waals surface area contributed by atoms with Crippen LogP contribution >= 0.6 is 11.6 Å². The molecule has 23 heavy (non-hydrogen) atoms. The number of hydrogen-bond acceptors (Lipinski definition) is 4. The van der Waals surface area contributed by atoms with E-state index >= 15 is 0 Å². The minimum absolute atomic E-state index is 0.0397. The third-order valence-corrected chi connectivity index (χ3v) is 4.76. The zero-order valence-electron chi connectivity index (χ0n) is 13.0. The third kappa shape index (κ3) is 3.96. The zero-order valence-corrected chi connectivity index (χ0v) is 13.8. The molecule has 1 aromatic carbocycles. The molecule has 6 heteroatoms. The van der Waals surface area contributed by atoms with E-state index in [0.29, 0.717) is 26.0 Å². The molecule has 1 unspecified atom stereocenters. The average Bonchev–Trinajstić information content (AvgIpc) is 2.80. The highest BCUT2D eigenvalue weighted by Crippen LogP contribution is 2.26. The van der Waals surface area contributed by atoms with Crippen LogP contribution < -0.4 is 4.90 Å². The first-order valence-electron chi connectivity index (χ1n) is 8.06. The molecule has 0 aromatic heterocycles. The van der Waals surface area contributed by atoms with Gasteiger partial charge in [0, 0.05) is 38.5 Å². The molecule has 2 saturated heterocycles. The lowest BCUT2D eigenvalue weighted by Crippen LogP contribution is -2.36. The molecule has 5 nitrogen and oxygen atoms in total. The fourth-order valence-electron chi connectivity index (χ4n) is 3.19. The molecule has 0 aliphatic carbocycles. The Morgan fingerprint density at radius 3 is 2.78 bits per heavy atom. The van der Waals surface area contributed by atoms with Gasteiger partial charge in [0.15, 0.2) is 0 Å². The number of amides is 1. The highest BCUT2D eigenvalue weighted by molar-refractivity contribution is 6.33. The number of ether oxygens (including phenoxy) is 1. The molecule has 1 aromatic rings. The van der Waals surface area contributed by atoms with Crippen molar-refractivity contribution in [2.45, 2.75) is 19.3 Å². The number of rotatable bonds is 3. The summed E-state index contributed by atoms with van der Waals surface area (Å²) < 4.78 is 4.93. The van der Waals surface area contributed by atoms with Crippen LogP contribution in [-0.2, 0) is 14.3 Å². The van der Waals surface area contributed by atoms with Gasteiger partial charge in [0.25, 0.3) is 0 Å². The SMILES string of the molecule is O=C1CC(CC(=O)N2CCCN(c3ccccc3Cl)CC2)CO1. The molecule has 0 bridgehead atoms. The van der Waals surface area contributed by atoms with Crippen molar-refractivity contribution in [1.29, 1.82) is 0 Å². The van der Waals surface area contributed by atoms with E-state index in [-0.39, 0.29) is 17.8 Å². The monoisotopic (exact) mass is 336 g/mol. The number of carbonyl (C=O) groups excluding carboxylic acids is 2. The molecule has 0 radical (unpaired) electrons. The summed E-state index contributed by atoms with van der Waals surface area (Å²) in [6, 6.07) is 7.81. The van der Waals surface area contributed by atoms with Gasteiger partial charge >= 0.3 is 5.97 Å². The summed E-state index contributed by atoms with van der Waals surface area (Å²) in [7, 11) is 0. The van der Waals surface area contributed by atoms with Crippen LogP contribution in [0, 0.1) is 5.92 Å². The van der Waals surface area contributed by atoms with Crippen LogP contribution in [0.1, 0.15) is 19.3 Å². The van der Waals surface area contributed by atoms with Crippen molar-refractivity contribution in [2.24, 2.45) is 5.92 Å². The second-order valence-electron chi connectivity index (χ2n) is 6.13. The van der Waals surface area contributed by atoms with Crippen molar-refractivity contribution in [3.05, 3.63) is 29.3 Å². The van der Waals surface area contributed by atoms with Crippen molar-refractivity contribution >= 4 is 29.2 Å². The minimum atomic E-state index is -0.191. The summed E-state index contributed by atoms with van der Waals surface area (Å²) in [5.41, 5.74) is 1.03. The van der Waals surface area contributed by atoms with E-state index < -0.39 is 0 Å². The summed E-state index contributed by atoms with van der Waals surface area (Å²) >= 11 is 6.27. The minimum Gasteiger partial charge on any atom is -0.465 e. The predicted octanol–water partition coefficient (Wildman–Crippen LogP) is 2.33. The van der Waals surface area contributed by atoms with Gasteiger partial charge in [-0.05, 0) is 18.6 Å². The smallest absolute Gasteiger partial charge is 0.306 e. The van der Waals surface area contributed by atoms with Crippen LogP contribution in [0.3, 0.4) is 0 Å². The van der Waals surface area contributed by atoms with E-state index in [1.165, 1.54) is 0 Å². The van der Waals surface area contributed by atoms with E-state index in [1.807, 2.05) is 29.2 Å². The maximum Gasteiger partial charge on any atom is 0.306 e. The Bertz CT molecular complexity index is 593. The number of hydrogen-bond donors (Lipinski definition) is 0. The molecule has 1 atom stereocenters. The van der Waals surface area contributed by atoms with E-state index in [4.69, 9.17) is 16.3 Å². The van der Waals surface area contributed by atoms with Gasteiger partial charge in [-0.1, -0.05) is 23.7 Å². The number of benzene rings is 1. The standard InChI is InChI=1S/C17H21ClN2O3/c18-14-4-1-2-5-15(14)19-6-3-7-20(9-8-19)16(21)10-13-11-17(22)23-12-13/h1-2,4-5,13H,3,6-12H2. The van der Waals surface area contributed by atoms with Crippen molar-refractivity contribution in [3.8, 4) is 0 Å². The summed E-state index contributed by atoms with van der Waals surface area (Å²) in [4.78, 5) is 27.7. The van der Waals surface area contributed by atoms with Crippen molar-refractivity contribution in [3.63, 3.8) is 0 Å². The van der Waals surface area contributed by atoms with Gasteiger partial charge in [0.2, 0.25) is 5.91 Å². The van der Waals surface area contributed by atoms with Crippen LogP contribution in [0.25, 0.3) is 0 Å². The number of para-hydroxylation sites is 1. The first-order valence-corrected chi connectivity index (χ1v) is 8.44. The maximum absolute atomic E-state index is 12.4. The fourth-order valence-corrected chi connectivity index (χ4v) is 3.44. The van der Waals surface area contributed by atoms with Gasteiger partial charge in [-0.2, -0.15) is 0 Å². The second-order valence-corrected chi connectivity index (χ2v) is 6.54. The lowest BCUT2D eigenvalue weighted by atomic mass is 10.0. The average molecular weight is 337 g/mol. The number of nitrogens with zero attached hydrogens (tertiary/aromatic N) is 2. The van der Waals surface area contributed by atoms with Crippen LogP contribution in [0.4, 0.5) is 5.69 Å². The topological polar surface area (TPSA) is 49.9 Å². The van der Waals surface area contributed by atoms with E-state index in [9.17, 15) is 9.59 Å². The molecule has 2 aliphatic rings. The van der Waals surface area contributed by atoms with Gasteiger partial charge in [0.05, 0.1) is 23.7 Å². The maximum atomic E-state index is 12.4. The largest absolute Gasteiger partial charge is 0.465 e. The zero-order chi connectivity index (χ0) is 16.2. The Hall–Kier alpha value is -1.75. The Kier molecular flexibility index (Phi) is 5.06. The molecule has 2 heterocycles. The predicted molar refractivity (Wildman–Crippen MR) is 88.5 cm³/mol. The molecule has 0 N–H and O–H groups in total. The van der Waals surface area contributed by atoms with Crippen LogP contribution in [0.2, 0.25) is 5.02 Å². The lowest BCUT2D eigenvalue weighted by molar-refractivity contribution is -0.138.